The topological polar surface area (TPSA) is 12.0 Å². The molecule has 9 heavy (non-hydrogen) atoms. The number of halogens is 3. The summed E-state index contributed by atoms with van der Waals surface area (Å²) in [5.74, 6) is 0. The molecule has 0 aromatic rings. The zero-order valence-corrected chi connectivity index (χ0v) is 5.21. The summed E-state index contributed by atoms with van der Waals surface area (Å²) in [5.41, 5.74) is -0.706. The summed E-state index contributed by atoms with van der Waals surface area (Å²) in [6.45, 7) is 1.33. The lowest BCUT2D eigenvalue weighted by atomic mass is 10.4. The lowest BCUT2D eigenvalue weighted by molar-refractivity contribution is -0.0961. The fourth-order valence-corrected chi connectivity index (χ4v) is 0.450. The summed E-state index contributed by atoms with van der Waals surface area (Å²) in [4.78, 5) is 0. The molecular weight excluding hydrogens is 131 g/mol. The molecule has 0 bridgehead atoms. The van der Waals surface area contributed by atoms with Gasteiger partial charge in [-0.05, 0) is 6.92 Å². The fourth-order valence-electron chi connectivity index (χ4n) is 0.450. The summed E-state index contributed by atoms with van der Waals surface area (Å²) in [6, 6.07) is 0. The van der Waals surface area contributed by atoms with Crippen LogP contribution in [0.3, 0.4) is 0 Å². The summed E-state index contributed by atoms with van der Waals surface area (Å²) < 4.78 is 34.8. The number of hydrogen-bond acceptors (Lipinski definition) is 1. The Morgan fingerprint density at radius 1 is 1.44 bits per heavy atom. The van der Waals surface area contributed by atoms with Crippen molar-refractivity contribution >= 4 is 0 Å². The highest BCUT2D eigenvalue weighted by Crippen LogP contribution is 2.22. The van der Waals surface area contributed by atoms with Crippen LogP contribution < -0.4 is 5.32 Å². The molecule has 0 amide bonds. The van der Waals surface area contributed by atoms with Crippen LogP contribution in [-0.2, 0) is 0 Å². The molecule has 0 rings (SSSR count). The van der Waals surface area contributed by atoms with Gasteiger partial charge in [-0.1, -0.05) is 6.08 Å². The number of allylic oxidation sites excluding steroid dienone is 2. The van der Waals surface area contributed by atoms with Gasteiger partial charge in [0.15, 0.2) is 0 Å². The van der Waals surface area contributed by atoms with Crippen LogP contribution in [-0.4, -0.2) is 13.2 Å². The third-order valence-electron chi connectivity index (χ3n) is 0.863. The van der Waals surface area contributed by atoms with Gasteiger partial charge in [0.1, 0.15) is 5.70 Å². The largest absolute Gasteiger partial charge is 0.430 e. The maximum atomic E-state index is 11.6. The zero-order valence-electron chi connectivity index (χ0n) is 5.21. The maximum absolute atomic E-state index is 11.6. The third-order valence-corrected chi connectivity index (χ3v) is 0.863. The minimum Gasteiger partial charge on any atom is -0.384 e. The van der Waals surface area contributed by atoms with Crippen LogP contribution in [0.2, 0.25) is 0 Å². The molecule has 4 heteroatoms. The normalized spacial score (nSPS) is 13.7. The first-order chi connectivity index (χ1) is 4.02. The van der Waals surface area contributed by atoms with E-state index < -0.39 is 11.9 Å². The number of rotatable bonds is 1. The molecule has 1 N–H and O–H groups in total. The standard InChI is InChI=1S/C5H8F3N/c1-3-4(9-2)5(6,7)8/h3,9H,1-2H3/b4-3+. The Labute approximate surface area is 51.6 Å². The zero-order chi connectivity index (χ0) is 7.49. The average molecular weight is 139 g/mol. The molecule has 0 fully saturated rings. The van der Waals surface area contributed by atoms with E-state index in [1.165, 1.54) is 14.0 Å². The first kappa shape index (κ1) is 8.33. The minimum atomic E-state index is -4.23. The second kappa shape index (κ2) is 2.75. The van der Waals surface area contributed by atoms with Gasteiger partial charge >= 0.3 is 6.18 Å². The van der Waals surface area contributed by atoms with Crippen molar-refractivity contribution in [3.8, 4) is 0 Å². The monoisotopic (exact) mass is 139 g/mol. The van der Waals surface area contributed by atoms with E-state index in [9.17, 15) is 13.2 Å². The van der Waals surface area contributed by atoms with Crippen LogP contribution in [0.15, 0.2) is 11.8 Å². The van der Waals surface area contributed by atoms with E-state index in [1.807, 2.05) is 5.32 Å². The predicted octanol–water partition coefficient (Wildman–Crippen LogP) is 1.67. The highest BCUT2D eigenvalue weighted by molar-refractivity contribution is 5.03. The van der Waals surface area contributed by atoms with Crippen molar-refractivity contribution in [3.05, 3.63) is 11.8 Å². The van der Waals surface area contributed by atoms with E-state index in [1.54, 1.807) is 0 Å². The molecule has 0 aliphatic rings. The molecule has 0 unspecified atom stereocenters. The number of hydrogen-bond donors (Lipinski definition) is 1. The SMILES string of the molecule is C/C=C(/NC)C(F)(F)F. The van der Waals surface area contributed by atoms with Crippen molar-refractivity contribution in [2.75, 3.05) is 7.05 Å². The van der Waals surface area contributed by atoms with Crippen LogP contribution in [0.25, 0.3) is 0 Å². The van der Waals surface area contributed by atoms with E-state index in [4.69, 9.17) is 0 Å². The van der Waals surface area contributed by atoms with Gasteiger partial charge in [-0.15, -0.1) is 0 Å². The van der Waals surface area contributed by atoms with Crippen molar-refractivity contribution in [2.45, 2.75) is 13.1 Å². The first-order valence-electron chi connectivity index (χ1n) is 2.43. The molecule has 0 aliphatic heterocycles. The Morgan fingerprint density at radius 3 is 1.89 bits per heavy atom. The molecular formula is C5H8F3N. The van der Waals surface area contributed by atoms with Crippen molar-refractivity contribution < 1.29 is 13.2 Å². The minimum absolute atomic E-state index is 0.706. The quantitative estimate of drug-likeness (QED) is 0.582. The van der Waals surface area contributed by atoms with Crippen LogP contribution in [0, 0.1) is 0 Å². The predicted molar refractivity (Wildman–Crippen MR) is 28.9 cm³/mol. The molecule has 0 saturated carbocycles. The van der Waals surface area contributed by atoms with Crippen molar-refractivity contribution in [1.29, 1.82) is 0 Å². The molecule has 0 aromatic carbocycles. The molecule has 0 atom stereocenters. The number of alkyl halides is 3. The lowest BCUT2D eigenvalue weighted by Crippen LogP contribution is -2.22. The Morgan fingerprint density at radius 2 is 1.89 bits per heavy atom. The molecule has 0 radical (unpaired) electrons. The summed E-state index contributed by atoms with van der Waals surface area (Å²) >= 11 is 0. The van der Waals surface area contributed by atoms with Gasteiger partial charge in [0, 0.05) is 7.05 Å². The second-order valence-corrected chi connectivity index (χ2v) is 1.45. The van der Waals surface area contributed by atoms with Crippen LogP contribution in [0.1, 0.15) is 6.92 Å². The average Bonchev–Trinajstić information content (AvgIpc) is 1.65. The summed E-state index contributed by atoms with van der Waals surface area (Å²) in [7, 11) is 1.24. The molecule has 0 heterocycles. The van der Waals surface area contributed by atoms with E-state index in [2.05, 4.69) is 0 Å². The maximum Gasteiger partial charge on any atom is 0.430 e. The van der Waals surface area contributed by atoms with E-state index in [0.717, 1.165) is 6.08 Å². The third kappa shape index (κ3) is 2.39. The fraction of sp³-hybridized carbons (Fsp3) is 0.600. The smallest absolute Gasteiger partial charge is 0.384 e. The Hall–Kier alpha value is -0.670. The van der Waals surface area contributed by atoms with Gasteiger partial charge in [0.2, 0.25) is 0 Å². The van der Waals surface area contributed by atoms with Gasteiger partial charge in [-0.2, -0.15) is 13.2 Å². The van der Waals surface area contributed by atoms with E-state index in [0.29, 0.717) is 0 Å². The van der Waals surface area contributed by atoms with Gasteiger partial charge in [0.25, 0.3) is 0 Å². The highest BCUT2D eigenvalue weighted by atomic mass is 19.4. The number of nitrogens with one attached hydrogen (secondary N) is 1. The second-order valence-electron chi connectivity index (χ2n) is 1.45. The molecule has 0 saturated heterocycles. The van der Waals surface area contributed by atoms with Gasteiger partial charge < -0.3 is 5.32 Å². The molecule has 0 aromatic heterocycles. The summed E-state index contributed by atoms with van der Waals surface area (Å²) in [6.07, 6.45) is -3.25. The van der Waals surface area contributed by atoms with Crippen molar-refractivity contribution in [1.82, 2.24) is 5.32 Å². The highest BCUT2D eigenvalue weighted by Gasteiger charge is 2.31. The molecule has 0 spiro atoms. The first-order valence-corrected chi connectivity index (χ1v) is 2.43. The van der Waals surface area contributed by atoms with Crippen LogP contribution in [0.5, 0.6) is 0 Å². The van der Waals surface area contributed by atoms with E-state index in [-0.39, 0.29) is 0 Å². The van der Waals surface area contributed by atoms with E-state index >= 15 is 0 Å². The molecule has 1 nitrogen and oxygen atoms in total. The molecule has 0 aliphatic carbocycles. The Balaban J connectivity index is 4.14. The van der Waals surface area contributed by atoms with Crippen molar-refractivity contribution in [3.63, 3.8) is 0 Å². The van der Waals surface area contributed by atoms with Crippen LogP contribution >= 0.6 is 0 Å². The summed E-state index contributed by atoms with van der Waals surface area (Å²) in [5, 5.41) is 2.03. The Bertz CT molecular complexity index is 114. The van der Waals surface area contributed by atoms with Gasteiger partial charge in [0.05, 0.1) is 0 Å². The van der Waals surface area contributed by atoms with Crippen molar-refractivity contribution in [2.24, 2.45) is 0 Å². The van der Waals surface area contributed by atoms with Gasteiger partial charge in [-0.25, -0.2) is 0 Å². The molecule has 54 valence electrons. The lowest BCUT2D eigenvalue weighted by Gasteiger charge is -2.08. The van der Waals surface area contributed by atoms with Gasteiger partial charge in [-0.3, -0.25) is 0 Å². The van der Waals surface area contributed by atoms with Crippen LogP contribution in [0.4, 0.5) is 13.2 Å². The Kier molecular flexibility index (Phi) is 2.55.